The van der Waals surface area contributed by atoms with Gasteiger partial charge in [-0.25, -0.2) is 19.3 Å². The Morgan fingerprint density at radius 1 is 1.17 bits per heavy atom. The van der Waals surface area contributed by atoms with Gasteiger partial charge in [0.05, 0.1) is 18.4 Å². The fourth-order valence-electron chi connectivity index (χ4n) is 3.57. The summed E-state index contributed by atoms with van der Waals surface area (Å²) in [5, 5.41) is 11.3. The minimum absolute atomic E-state index is 0.0479. The number of fused-ring (bicyclic) bond motifs is 2. The summed E-state index contributed by atoms with van der Waals surface area (Å²) in [5.41, 5.74) is 3.22. The van der Waals surface area contributed by atoms with Gasteiger partial charge in [0.2, 0.25) is 5.95 Å². The van der Waals surface area contributed by atoms with Gasteiger partial charge in [0, 0.05) is 35.6 Å². The predicted molar refractivity (Wildman–Crippen MR) is 110 cm³/mol. The van der Waals surface area contributed by atoms with Crippen molar-refractivity contribution < 1.29 is 4.39 Å². The molecule has 0 spiro atoms. The second-order valence-corrected chi connectivity index (χ2v) is 7.58. The summed E-state index contributed by atoms with van der Waals surface area (Å²) in [6.45, 7) is 4.83. The van der Waals surface area contributed by atoms with Crippen molar-refractivity contribution in [2.24, 2.45) is 0 Å². The Morgan fingerprint density at radius 3 is 2.90 bits per heavy atom. The van der Waals surface area contributed by atoms with E-state index in [1.807, 2.05) is 6.20 Å². The second-order valence-electron chi connectivity index (χ2n) is 7.58. The van der Waals surface area contributed by atoms with E-state index in [1.165, 1.54) is 12.4 Å². The Bertz CT molecular complexity index is 1220. The molecule has 0 fully saturated rings. The maximum absolute atomic E-state index is 13.8. The van der Waals surface area contributed by atoms with Crippen molar-refractivity contribution >= 4 is 17.4 Å². The molecule has 1 aliphatic heterocycles. The molecule has 5 heterocycles. The molecule has 0 aliphatic carbocycles. The molecule has 10 heteroatoms. The van der Waals surface area contributed by atoms with E-state index in [9.17, 15) is 4.39 Å². The normalized spacial score (nSPS) is 15.8. The van der Waals surface area contributed by atoms with Crippen LogP contribution in [0.2, 0.25) is 0 Å². The van der Waals surface area contributed by atoms with Crippen LogP contribution in [0.3, 0.4) is 0 Å². The topological polar surface area (TPSA) is 106 Å². The third-order valence-electron chi connectivity index (χ3n) is 5.08. The van der Waals surface area contributed by atoms with Crippen LogP contribution in [-0.2, 0) is 6.42 Å². The summed E-state index contributed by atoms with van der Waals surface area (Å²) in [6, 6.07) is 1.43. The lowest BCUT2D eigenvalue weighted by molar-refractivity contribution is 0.621. The molecule has 0 aromatic carbocycles. The number of halogens is 1. The maximum atomic E-state index is 13.8. The van der Waals surface area contributed by atoms with Crippen LogP contribution in [0.5, 0.6) is 0 Å². The van der Waals surface area contributed by atoms with Gasteiger partial charge in [-0.15, -0.1) is 0 Å². The van der Waals surface area contributed by atoms with Gasteiger partial charge >= 0.3 is 0 Å². The van der Waals surface area contributed by atoms with Crippen molar-refractivity contribution in [3.8, 4) is 11.4 Å². The third-order valence-corrected chi connectivity index (χ3v) is 5.08. The van der Waals surface area contributed by atoms with E-state index in [0.29, 0.717) is 29.5 Å². The predicted octanol–water partition coefficient (Wildman–Crippen LogP) is 2.69. The first-order valence-corrected chi connectivity index (χ1v) is 9.74. The van der Waals surface area contributed by atoms with Crippen molar-refractivity contribution in [2.75, 3.05) is 17.2 Å². The molecule has 30 heavy (non-hydrogen) atoms. The number of nitrogens with zero attached hydrogens (tertiary/aromatic N) is 7. The lowest BCUT2D eigenvalue weighted by atomic mass is 10.0. The Labute approximate surface area is 171 Å². The smallest absolute Gasteiger partial charge is 0.228 e. The highest BCUT2D eigenvalue weighted by molar-refractivity contribution is 5.62. The lowest BCUT2D eigenvalue weighted by Gasteiger charge is -2.26. The molecule has 4 aromatic heterocycles. The van der Waals surface area contributed by atoms with Gasteiger partial charge in [0.25, 0.3) is 0 Å². The molecule has 1 unspecified atom stereocenters. The number of hydrogen-bond acceptors (Lipinski definition) is 8. The fourth-order valence-corrected chi connectivity index (χ4v) is 3.57. The monoisotopic (exact) mass is 405 g/mol. The van der Waals surface area contributed by atoms with Gasteiger partial charge in [-0.2, -0.15) is 14.6 Å². The molecule has 0 saturated carbocycles. The molecule has 152 valence electrons. The SMILES string of the molecule is CC(C)c1cnn2c(NC3CNc4ncncc4C3)nc(-c3cncc(F)c3)nc12. The van der Waals surface area contributed by atoms with Crippen LogP contribution in [0, 0.1) is 5.82 Å². The maximum Gasteiger partial charge on any atom is 0.228 e. The molecule has 9 nitrogen and oxygen atoms in total. The van der Waals surface area contributed by atoms with E-state index >= 15 is 0 Å². The van der Waals surface area contributed by atoms with Crippen molar-refractivity contribution in [1.82, 2.24) is 34.5 Å². The zero-order valence-corrected chi connectivity index (χ0v) is 16.5. The van der Waals surface area contributed by atoms with Crippen LogP contribution in [0.1, 0.15) is 30.9 Å². The molecule has 1 atom stereocenters. The van der Waals surface area contributed by atoms with Gasteiger partial charge in [-0.3, -0.25) is 4.98 Å². The van der Waals surface area contributed by atoms with Crippen molar-refractivity contribution in [1.29, 1.82) is 0 Å². The molecule has 0 saturated heterocycles. The highest BCUT2D eigenvalue weighted by Crippen LogP contribution is 2.26. The zero-order valence-electron chi connectivity index (χ0n) is 16.5. The Morgan fingerprint density at radius 2 is 2.07 bits per heavy atom. The van der Waals surface area contributed by atoms with E-state index in [0.717, 1.165) is 29.6 Å². The number of nitrogens with one attached hydrogen (secondary N) is 2. The number of hydrogen-bond donors (Lipinski definition) is 2. The Balaban J connectivity index is 1.57. The van der Waals surface area contributed by atoms with Crippen LogP contribution in [0.25, 0.3) is 17.0 Å². The molecular weight excluding hydrogens is 385 g/mol. The van der Waals surface area contributed by atoms with Gasteiger partial charge in [0.15, 0.2) is 11.5 Å². The summed E-state index contributed by atoms with van der Waals surface area (Å²) in [5.74, 6) is 1.58. The molecule has 1 aliphatic rings. The van der Waals surface area contributed by atoms with Crippen molar-refractivity contribution in [3.05, 3.63) is 54.1 Å². The van der Waals surface area contributed by atoms with E-state index < -0.39 is 5.82 Å². The highest BCUT2D eigenvalue weighted by atomic mass is 19.1. The van der Waals surface area contributed by atoms with Crippen LogP contribution < -0.4 is 10.6 Å². The largest absolute Gasteiger partial charge is 0.368 e. The fraction of sp³-hybridized carbons (Fsp3) is 0.300. The van der Waals surface area contributed by atoms with Crippen LogP contribution in [0.15, 0.2) is 37.2 Å². The minimum atomic E-state index is -0.434. The molecule has 5 rings (SSSR count). The molecular formula is C20H20FN9. The van der Waals surface area contributed by atoms with Gasteiger partial charge in [0.1, 0.15) is 18.0 Å². The van der Waals surface area contributed by atoms with Gasteiger partial charge < -0.3 is 10.6 Å². The van der Waals surface area contributed by atoms with Crippen molar-refractivity contribution in [2.45, 2.75) is 32.2 Å². The molecule has 0 amide bonds. The summed E-state index contributed by atoms with van der Waals surface area (Å²) in [6.07, 6.45) is 8.60. The second kappa shape index (κ2) is 7.29. The first-order chi connectivity index (χ1) is 14.6. The van der Waals surface area contributed by atoms with Crippen molar-refractivity contribution in [3.63, 3.8) is 0 Å². The average Bonchev–Trinajstić information content (AvgIpc) is 3.18. The van der Waals surface area contributed by atoms with Gasteiger partial charge in [-0.1, -0.05) is 13.8 Å². The number of rotatable bonds is 4. The van der Waals surface area contributed by atoms with Gasteiger partial charge in [-0.05, 0) is 18.4 Å². The zero-order chi connectivity index (χ0) is 20.7. The van der Waals surface area contributed by atoms with E-state index in [1.54, 1.807) is 16.9 Å². The summed E-state index contributed by atoms with van der Waals surface area (Å²) in [4.78, 5) is 21.6. The molecule has 0 radical (unpaired) electrons. The summed E-state index contributed by atoms with van der Waals surface area (Å²) < 4.78 is 15.5. The standard InChI is InChI=1S/C20H20FN9/c1-11(2)16-9-26-30-19(16)28-18(12-3-14(21)7-22-5-12)29-20(30)27-15-4-13-6-23-10-25-17(13)24-8-15/h3,5-7,9-11,15H,4,8H2,1-2H3,(H,23,24,25)(H,27,28,29). The minimum Gasteiger partial charge on any atom is -0.368 e. The number of pyridine rings is 1. The lowest BCUT2D eigenvalue weighted by Crippen LogP contribution is -2.36. The Hall–Kier alpha value is -3.69. The quantitative estimate of drug-likeness (QED) is 0.534. The summed E-state index contributed by atoms with van der Waals surface area (Å²) >= 11 is 0. The average molecular weight is 405 g/mol. The van der Waals surface area contributed by atoms with Crippen LogP contribution >= 0.6 is 0 Å². The molecule has 4 aromatic rings. The number of aromatic nitrogens is 7. The van der Waals surface area contributed by atoms with E-state index in [-0.39, 0.29) is 12.0 Å². The highest BCUT2D eigenvalue weighted by Gasteiger charge is 2.22. The van der Waals surface area contributed by atoms with E-state index in [2.05, 4.69) is 54.5 Å². The third kappa shape index (κ3) is 3.30. The first kappa shape index (κ1) is 18.3. The Kier molecular flexibility index (Phi) is 4.46. The first-order valence-electron chi connectivity index (χ1n) is 9.74. The molecule has 2 N–H and O–H groups in total. The molecule has 0 bridgehead atoms. The summed E-state index contributed by atoms with van der Waals surface area (Å²) in [7, 11) is 0. The van der Waals surface area contributed by atoms with E-state index in [4.69, 9.17) is 0 Å². The number of anilines is 2. The van der Waals surface area contributed by atoms with Crippen LogP contribution in [0.4, 0.5) is 16.2 Å². The van der Waals surface area contributed by atoms with Crippen LogP contribution in [-0.4, -0.2) is 47.1 Å².